The van der Waals surface area contributed by atoms with Crippen LogP contribution in [0.1, 0.15) is 25.3 Å². The first kappa shape index (κ1) is 13.5. The lowest BCUT2D eigenvalue weighted by Crippen LogP contribution is -1.98. The van der Waals surface area contributed by atoms with Crippen LogP contribution in [-0.2, 0) is 0 Å². The Bertz CT molecular complexity index is 558. The summed E-state index contributed by atoms with van der Waals surface area (Å²) in [5.41, 5.74) is 1.23. The molecule has 5 nitrogen and oxygen atoms in total. The summed E-state index contributed by atoms with van der Waals surface area (Å²) < 4.78 is 10.4. The quantitative estimate of drug-likeness (QED) is 0.858. The molecule has 0 aliphatic heterocycles. The average Bonchev–Trinajstić information content (AvgIpc) is 2.38. The van der Waals surface area contributed by atoms with Crippen LogP contribution in [0.5, 0.6) is 17.8 Å². The topological polar surface area (TPSA) is 57.1 Å². The fraction of sp³-hybridized carbons (Fsp3) is 0.308. The molecule has 0 spiro atoms. The minimum Gasteiger partial charge on any atom is -0.467 e. The maximum atomic E-state index is 5.74. The highest BCUT2D eigenvalue weighted by Gasteiger charge is 2.07. The van der Waals surface area contributed by atoms with Crippen LogP contribution >= 0.6 is 11.6 Å². The van der Waals surface area contributed by atoms with Crippen molar-refractivity contribution < 1.29 is 9.47 Å². The highest BCUT2D eigenvalue weighted by atomic mass is 35.5. The third-order valence-electron chi connectivity index (χ3n) is 2.51. The Hall–Kier alpha value is -1.88. The van der Waals surface area contributed by atoms with Crippen molar-refractivity contribution in [2.75, 3.05) is 7.11 Å². The van der Waals surface area contributed by atoms with Gasteiger partial charge in [-0.05, 0) is 35.2 Å². The van der Waals surface area contributed by atoms with Gasteiger partial charge in [0.2, 0.25) is 5.28 Å². The van der Waals surface area contributed by atoms with E-state index < -0.39 is 0 Å². The fourth-order valence-corrected chi connectivity index (χ4v) is 1.62. The molecular formula is C13H14ClN3O2. The number of hydrogen-bond acceptors (Lipinski definition) is 5. The Kier molecular flexibility index (Phi) is 4.16. The zero-order valence-corrected chi connectivity index (χ0v) is 11.7. The van der Waals surface area contributed by atoms with Crippen LogP contribution in [0.15, 0.2) is 24.3 Å². The van der Waals surface area contributed by atoms with Gasteiger partial charge in [-0.2, -0.15) is 9.97 Å². The Morgan fingerprint density at radius 1 is 1.00 bits per heavy atom. The number of ether oxygens (including phenoxy) is 2. The van der Waals surface area contributed by atoms with Gasteiger partial charge in [0.25, 0.3) is 0 Å². The standard InChI is InChI=1S/C13H14ClN3O2/c1-8(2)9-4-6-10(7-5-9)19-13-16-11(14)15-12(17-13)18-3/h4-8H,1-3H3. The van der Waals surface area contributed by atoms with E-state index in [4.69, 9.17) is 21.1 Å². The van der Waals surface area contributed by atoms with Crippen molar-refractivity contribution in [1.29, 1.82) is 0 Å². The van der Waals surface area contributed by atoms with Crippen LogP contribution in [0.25, 0.3) is 0 Å². The van der Waals surface area contributed by atoms with Gasteiger partial charge in [0.1, 0.15) is 5.75 Å². The smallest absolute Gasteiger partial charge is 0.329 e. The van der Waals surface area contributed by atoms with E-state index in [-0.39, 0.29) is 17.3 Å². The van der Waals surface area contributed by atoms with E-state index in [0.29, 0.717) is 11.7 Å². The maximum Gasteiger partial charge on any atom is 0.329 e. The molecule has 6 heteroatoms. The monoisotopic (exact) mass is 279 g/mol. The predicted molar refractivity (Wildman–Crippen MR) is 72.0 cm³/mol. The minimum absolute atomic E-state index is 0.0284. The first-order valence-corrected chi connectivity index (χ1v) is 6.19. The predicted octanol–water partition coefficient (Wildman–Crippen LogP) is 3.45. The molecule has 0 fully saturated rings. The van der Waals surface area contributed by atoms with E-state index >= 15 is 0 Å². The SMILES string of the molecule is COc1nc(Cl)nc(Oc2ccc(C(C)C)cc2)n1. The molecule has 0 aliphatic carbocycles. The van der Waals surface area contributed by atoms with Gasteiger partial charge in [0.05, 0.1) is 7.11 Å². The van der Waals surface area contributed by atoms with E-state index in [9.17, 15) is 0 Å². The highest BCUT2D eigenvalue weighted by molar-refractivity contribution is 6.28. The lowest BCUT2D eigenvalue weighted by Gasteiger charge is -2.07. The molecular weight excluding hydrogens is 266 g/mol. The second kappa shape index (κ2) is 5.84. The normalized spacial score (nSPS) is 10.6. The molecule has 19 heavy (non-hydrogen) atoms. The average molecular weight is 280 g/mol. The van der Waals surface area contributed by atoms with E-state index in [1.165, 1.54) is 12.7 Å². The summed E-state index contributed by atoms with van der Waals surface area (Å²) in [6.45, 7) is 4.26. The number of rotatable bonds is 4. The Labute approximate surface area is 116 Å². The van der Waals surface area contributed by atoms with Gasteiger partial charge in [-0.15, -0.1) is 4.98 Å². The third-order valence-corrected chi connectivity index (χ3v) is 2.67. The number of methoxy groups -OCH3 is 1. The second-order valence-corrected chi connectivity index (χ2v) is 4.54. The molecule has 2 aromatic rings. The Balaban J connectivity index is 2.18. The van der Waals surface area contributed by atoms with Crippen LogP contribution in [0, 0.1) is 0 Å². The second-order valence-electron chi connectivity index (χ2n) is 4.20. The molecule has 100 valence electrons. The summed E-state index contributed by atoms with van der Waals surface area (Å²) in [5.74, 6) is 1.11. The maximum absolute atomic E-state index is 5.74. The van der Waals surface area contributed by atoms with Gasteiger partial charge >= 0.3 is 12.0 Å². The van der Waals surface area contributed by atoms with E-state index in [0.717, 1.165) is 0 Å². The summed E-state index contributed by atoms with van der Waals surface area (Å²) in [6, 6.07) is 7.95. The number of nitrogens with zero attached hydrogens (tertiary/aromatic N) is 3. The largest absolute Gasteiger partial charge is 0.467 e. The van der Waals surface area contributed by atoms with Gasteiger partial charge in [-0.3, -0.25) is 0 Å². The van der Waals surface area contributed by atoms with Gasteiger partial charge < -0.3 is 9.47 Å². The van der Waals surface area contributed by atoms with Crippen LogP contribution < -0.4 is 9.47 Å². The fourth-order valence-electron chi connectivity index (χ4n) is 1.48. The number of benzene rings is 1. The first-order valence-electron chi connectivity index (χ1n) is 5.82. The van der Waals surface area contributed by atoms with Crippen molar-refractivity contribution in [3.05, 3.63) is 35.1 Å². The Morgan fingerprint density at radius 3 is 2.21 bits per heavy atom. The molecule has 1 aromatic heterocycles. The van der Waals surface area contributed by atoms with Gasteiger partial charge in [-0.1, -0.05) is 26.0 Å². The van der Waals surface area contributed by atoms with Crippen molar-refractivity contribution in [1.82, 2.24) is 15.0 Å². The molecule has 0 aliphatic rings. The van der Waals surface area contributed by atoms with Crippen molar-refractivity contribution >= 4 is 11.6 Å². The van der Waals surface area contributed by atoms with Crippen LogP contribution in [-0.4, -0.2) is 22.1 Å². The molecule has 0 amide bonds. The van der Waals surface area contributed by atoms with Crippen LogP contribution in [0.2, 0.25) is 5.28 Å². The lowest BCUT2D eigenvalue weighted by atomic mass is 10.0. The number of halogens is 1. The van der Waals surface area contributed by atoms with Gasteiger partial charge in [0, 0.05) is 0 Å². The van der Waals surface area contributed by atoms with E-state index in [2.05, 4.69) is 28.8 Å². The summed E-state index contributed by atoms with van der Waals surface area (Å²) >= 11 is 5.74. The van der Waals surface area contributed by atoms with Crippen molar-refractivity contribution in [3.63, 3.8) is 0 Å². The molecule has 1 aromatic carbocycles. The molecule has 0 unspecified atom stereocenters. The van der Waals surface area contributed by atoms with Gasteiger partial charge in [-0.25, -0.2) is 0 Å². The summed E-state index contributed by atoms with van der Waals surface area (Å²) in [5, 5.41) is 0.0284. The molecule has 0 saturated heterocycles. The van der Waals surface area contributed by atoms with Crippen LogP contribution in [0.3, 0.4) is 0 Å². The summed E-state index contributed by atoms with van der Waals surface area (Å²) in [7, 11) is 1.45. The molecule has 2 rings (SSSR count). The number of hydrogen-bond donors (Lipinski definition) is 0. The van der Waals surface area contributed by atoms with Gasteiger partial charge in [0.15, 0.2) is 0 Å². The van der Waals surface area contributed by atoms with E-state index in [1.54, 1.807) is 0 Å². The van der Waals surface area contributed by atoms with Crippen molar-refractivity contribution in [3.8, 4) is 17.8 Å². The van der Waals surface area contributed by atoms with E-state index in [1.807, 2.05) is 24.3 Å². The first-order chi connectivity index (χ1) is 9.08. The Morgan fingerprint density at radius 2 is 1.63 bits per heavy atom. The summed E-state index contributed by atoms with van der Waals surface area (Å²) in [4.78, 5) is 11.6. The lowest BCUT2D eigenvalue weighted by molar-refractivity contribution is 0.359. The van der Waals surface area contributed by atoms with Crippen molar-refractivity contribution in [2.45, 2.75) is 19.8 Å². The van der Waals surface area contributed by atoms with Crippen LogP contribution in [0.4, 0.5) is 0 Å². The summed E-state index contributed by atoms with van der Waals surface area (Å²) in [6.07, 6.45) is 0. The minimum atomic E-state index is 0.0284. The molecule has 0 bridgehead atoms. The highest BCUT2D eigenvalue weighted by Crippen LogP contribution is 2.23. The zero-order chi connectivity index (χ0) is 13.8. The molecule has 0 saturated carbocycles. The molecule has 0 radical (unpaired) electrons. The van der Waals surface area contributed by atoms with Crippen molar-refractivity contribution in [2.24, 2.45) is 0 Å². The number of aromatic nitrogens is 3. The molecule has 0 atom stereocenters. The molecule has 0 N–H and O–H groups in total. The molecule has 1 heterocycles. The third kappa shape index (κ3) is 3.54. The zero-order valence-electron chi connectivity index (χ0n) is 10.9.